The Morgan fingerprint density at radius 1 is 0.926 bits per heavy atom. The lowest BCUT2D eigenvalue weighted by atomic mass is 9.91. The molecule has 0 saturated carbocycles. The topological polar surface area (TPSA) is 337 Å². The van der Waals surface area contributed by atoms with Crippen molar-refractivity contribution < 1.29 is 71.1 Å². The van der Waals surface area contributed by atoms with Gasteiger partial charge in [-0.05, 0) is 103 Å². The smallest absolute Gasteiger partial charge is 0.401 e. The summed E-state index contributed by atoms with van der Waals surface area (Å²) in [6, 6.07) is 21.6. The number of amides is 7. The van der Waals surface area contributed by atoms with Crippen LogP contribution in [0.5, 0.6) is 11.6 Å². The highest BCUT2D eigenvalue weighted by molar-refractivity contribution is 7.72. The van der Waals surface area contributed by atoms with Crippen molar-refractivity contribution in [2.45, 2.75) is 129 Å². The van der Waals surface area contributed by atoms with Crippen LogP contribution in [0.4, 0.5) is 5.69 Å². The Labute approximate surface area is 557 Å². The maximum Gasteiger partial charge on any atom is 0.401 e. The van der Waals surface area contributed by atoms with E-state index in [0.717, 1.165) is 21.7 Å². The Morgan fingerprint density at radius 3 is 2.38 bits per heavy atom. The predicted octanol–water partition coefficient (Wildman–Crippen LogP) is 7.92. The average molecular weight is 1360 g/mol. The number of para-hydroxylation sites is 1. The number of anilines is 1. The number of H-pyrrole nitrogens is 1. The third kappa shape index (κ3) is 15.8. The molecule has 3 aromatic heterocycles. The average Bonchev–Trinajstić information content (AvgIpc) is 1.63. The summed E-state index contributed by atoms with van der Waals surface area (Å²) in [7, 11) is -4.17. The first-order chi connectivity index (χ1) is 45.5. The number of hydrogen-bond donors (Lipinski definition) is 6. The molecule has 3 aliphatic rings. The van der Waals surface area contributed by atoms with Crippen molar-refractivity contribution in [1.82, 2.24) is 40.9 Å². The zero-order chi connectivity index (χ0) is 67.8. The van der Waals surface area contributed by atoms with Crippen molar-refractivity contribution in [2.24, 2.45) is 11.7 Å². The molecule has 0 bridgehead atoms. The van der Waals surface area contributed by atoms with Gasteiger partial charge in [-0.2, -0.15) is 0 Å². The summed E-state index contributed by atoms with van der Waals surface area (Å²) in [6.45, 7) is 10.1. The van der Waals surface area contributed by atoms with Gasteiger partial charge in [-0.3, -0.25) is 47.8 Å². The molecule has 6 heterocycles. The Bertz CT molecular complexity index is 4070. The number of benzene rings is 4. The molecular weight excluding hydrogens is 1280 g/mol. The zero-order valence-electron chi connectivity index (χ0n) is 53.4. The third-order valence-electron chi connectivity index (χ3n) is 16.9. The third-order valence-corrected chi connectivity index (χ3v) is 20.3. The fourth-order valence-corrected chi connectivity index (χ4v) is 14.7. The van der Waals surface area contributed by atoms with Crippen molar-refractivity contribution in [3.05, 3.63) is 146 Å². The maximum atomic E-state index is 15.1. The number of rotatable bonds is 28. The predicted molar refractivity (Wildman–Crippen MR) is 353 cm³/mol. The van der Waals surface area contributed by atoms with Crippen LogP contribution in [-0.4, -0.2) is 147 Å². The van der Waals surface area contributed by atoms with Gasteiger partial charge in [0.15, 0.2) is 5.76 Å². The van der Waals surface area contributed by atoms with Crippen molar-refractivity contribution in [2.75, 3.05) is 44.4 Å². The van der Waals surface area contributed by atoms with Gasteiger partial charge in [0, 0.05) is 68.4 Å². The van der Waals surface area contributed by atoms with Crippen molar-refractivity contribution in [3.63, 3.8) is 0 Å². The van der Waals surface area contributed by atoms with Crippen LogP contribution in [0, 0.1) is 12.8 Å². The molecule has 7 aromatic rings. The number of likely N-dealkylation sites (tertiary alicyclic amines) is 1. The number of carbonyl (C=O) groups is 8. The molecule has 7 N–H and O–H groups in total. The van der Waals surface area contributed by atoms with Crippen LogP contribution in [0.25, 0.3) is 21.3 Å². The van der Waals surface area contributed by atoms with E-state index in [0.29, 0.717) is 51.1 Å². The minimum absolute atomic E-state index is 0.00320. The second kappa shape index (κ2) is 30.3. The first-order valence-corrected chi connectivity index (χ1v) is 34.2. The van der Waals surface area contributed by atoms with Gasteiger partial charge in [0.2, 0.25) is 29.5 Å². The van der Waals surface area contributed by atoms with E-state index in [1.807, 2.05) is 51.1 Å². The molecule has 28 heteroatoms. The van der Waals surface area contributed by atoms with E-state index in [4.69, 9.17) is 40.4 Å². The Kier molecular flexibility index (Phi) is 22.0. The summed E-state index contributed by atoms with van der Waals surface area (Å²) in [4.78, 5) is 123. The fourth-order valence-electron chi connectivity index (χ4n) is 12.2. The first kappa shape index (κ1) is 69.1. The molecule has 502 valence electrons. The van der Waals surface area contributed by atoms with E-state index < -0.39 is 72.9 Å². The zero-order valence-corrected chi connectivity index (χ0v) is 55.9. The number of aromatic nitrogens is 3. The van der Waals surface area contributed by atoms with Gasteiger partial charge in [-0.1, -0.05) is 86.1 Å². The van der Waals surface area contributed by atoms with Gasteiger partial charge in [-0.15, -0.1) is 11.3 Å². The first-order valence-electron chi connectivity index (χ1n) is 31.4. The molecule has 0 unspecified atom stereocenters. The SMILES string of the molecule is CCOP(=O)(OCC)C(=O)c1ccc2cc(C(=O)N[C@H]3CN(C(C)=O)Cc4cccc5c4N(C3=O)[C@@H](C(=O)N[C@@H](CCC(N)=O)COc3cccc(CCCOc4cc([C@H](C(=O)N6C[C@H](O)C[C@H]6C(=O)NCc6ccc(-c7scnc7C)cc6)C(C)C)on4)c3Cl)C5)[nH]c2c1. The number of halogens is 1. The summed E-state index contributed by atoms with van der Waals surface area (Å²) < 4.78 is 41.8. The number of nitrogens with one attached hydrogen (secondary N) is 4. The largest absolute Gasteiger partial charge is 0.490 e. The van der Waals surface area contributed by atoms with Crippen LogP contribution in [-0.2, 0) is 68.3 Å². The Balaban J connectivity index is 0.758. The second-order valence-electron chi connectivity index (χ2n) is 24.0. The van der Waals surface area contributed by atoms with Crippen LogP contribution in [0.1, 0.15) is 121 Å². The molecule has 0 radical (unpaired) electrons. The lowest BCUT2D eigenvalue weighted by molar-refractivity contribution is -0.141. The number of carbonyl (C=O) groups excluding carboxylic acids is 8. The molecule has 1 fully saturated rings. The normalized spacial score (nSPS) is 17.7. The minimum Gasteiger partial charge on any atom is -0.490 e. The quantitative estimate of drug-likeness (QED) is 0.0200. The molecule has 1 saturated heterocycles. The van der Waals surface area contributed by atoms with E-state index >= 15 is 4.79 Å². The lowest BCUT2D eigenvalue weighted by Crippen LogP contribution is -2.60. The maximum absolute atomic E-state index is 15.1. The number of thiazole rings is 1. The van der Waals surface area contributed by atoms with Gasteiger partial charge in [0.1, 0.15) is 42.1 Å². The molecule has 7 amide bonds. The number of aryl methyl sites for hydroxylation is 2. The van der Waals surface area contributed by atoms with E-state index in [-0.39, 0.29) is 131 Å². The van der Waals surface area contributed by atoms with Gasteiger partial charge in [-0.25, -0.2) is 4.98 Å². The van der Waals surface area contributed by atoms with Crippen LogP contribution in [0.3, 0.4) is 0 Å². The highest BCUT2D eigenvalue weighted by Crippen LogP contribution is 2.51. The van der Waals surface area contributed by atoms with Crippen LogP contribution in [0.2, 0.25) is 5.02 Å². The monoisotopic (exact) mass is 1360 g/mol. The number of hydrogen-bond acceptors (Lipinski definition) is 18. The molecule has 95 heavy (non-hydrogen) atoms. The van der Waals surface area contributed by atoms with Crippen molar-refractivity contribution >= 4 is 94.0 Å². The number of primary amides is 1. The van der Waals surface area contributed by atoms with E-state index in [2.05, 4.69) is 31.1 Å². The van der Waals surface area contributed by atoms with Gasteiger partial charge in [0.05, 0.1) is 65.3 Å². The molecule has 0 aliphatic carbocycles. The van der Waals surface area contributed by atoms with Crippen molar-refractivity contribution in [1.29, 1.82) is 0 Å². The Hall–Kier alpha value is -8.78. The number of aromatic amines is 1. The molecule has 0 spiro atoms. The van der Waals surface area contributed by atoms with E-state index in [9.17, 15) is 43.2 Å². The van der Waals surface area contributed by atoms with Crippen LogP contribution in [0.15, 0.2) is 101 Å². The summed E-state index contributed by atoms with van der Waals surface area (Å²) in [6.07, 6.45) is 0.0602. The number of aliphatic hydroxyl groups excluding tert-OH is 1. The van der Waals surface area contributed by atoms with Gasteiger partial charge < -0.3 is 64.6 Å². The Morgan fingerprint density at radius 2 is 1.67 bits per heavy atom. The van der Waals surface area contributed by atoms with Gasteiger partial charge in [0.25, 0.3) is 23.2 Å². The number of nitrogens with two attached hydrogens (primary N) is 1. The molecule has 25 nitrogen and oxygen atoms in total. The van der Waals surface area contributed by atoms with Gasteiger partial charge >= 0.3 is 7.60 Å². The fraction of sp³-hybridized carbons (Fsp3) is 0.403. The summed E-state index contributed by atoms with van der Waals surface area (Å²) in [5, 5.41) is 24.4. The molecule has 10 rings (SSSR count). The molecule has 4 aromatic carbocycles. The highest BCUT2D eigenvalue weighted by atomic mass is 35.5. The number of aliphatic hydroxyl groups is 1. The summed E-state index contributed by atoms with van der Waals surface area (Å²) in [5.74, 6) is -4.19. The summed E-state index contributed by atoms with van der Waals surface area (Å²) in [5.41, 5.74) is 12.2. The van der Waals surface area contributed by atoms with Crippen molar-refractivity contribution in [3.8, 4) is 22.1 Å². The standard InChI is InChI=1S/C67H76ClN10O15PS/c1-7-91-94(88,92-8-2)67(87)45-22-21-43-26-50(73-49(43)27-45)62(82)74-51-34-76(39(6)79)32-46-14-9-13-44-28-53(78(60(44)46)65(51)85)64(84)72-47(23-24-56(69)81)35-90-54-16-10-12-41(59(54)68)15-11-25-89-57-30-55(93-75-57)58(37(3)4)66(86)77-33-48(80)29-52(77)63(83)70-31-40-17-19-42(20-18-40)61-38(5)71-36-95-61/h9-10,12-14,16-22,26-27,30,36-37,47-48,51-53,58,73,80H,7-8,11,15,23-25,28-29,31-35H2,1-6H3,(H2,69,81)(H,70,83)(H,72,84)(H,74,82)/t47-,48+,51-,52-,53+,58+/m0/s1. The minimum atomic E-state index is -4.17. The lowest BCUT2D eigenvalue weighted by Gasteiger charge is -2.36. The summed E-state index contributed by atoms with van der Waals surface area (Å²) >= 11 is 8.53. The number of nitrogens with zero attached hydrogens (tertiary/aromatic N) is 5. The number of ether oxygens (including phenoxy) is 2. The highest BCUT2D eigenvalue weighted by Gasteiger charge is 2.46. The number of fused-ring (bicyclic) bond motifs is 1. The molecule has 3 aliphatic heterocycles. The second-order valence-corrected chi connectivity index (χ2v) is 27.1. The van der Waals surface area contributed by atoms with Crippen LogP contribution >= 0.6 is 30.5 Å². The van der Waals surface area contributed by atoms with E-state index in [1.165, 1.54) is 39.8 Å². The number of β-amino-alcohol motifs (C(OH)–C–C–N with tert-alkyl or cyclic N) is 1. The van der Waals surface area contributed by atoms with Crippen LogP contribution < -0.4 is 36.1 Å². The molecular formula is C67H76ClN10O15PS. The molecule has 6 atom stereocenters. The van der Waals surface area contributed by atoms with E-state index in [1.54, 1.807) is 73.2 Å².